The van der Waals surface area contributed by atoms with E-state index in [1.165, 1.54) is 19.1 Å². The summed E-state index contributed by atoms with van der Waals surface area (Å²) in [6.07, 6.45) is 6.55. The third kappa shape index (κ3) is 2.48. The Morgan fingerprint density at radius 2 is 2.31 bits per heavy atom. The fourth-order valence-corrected chi connectivity index (χ4v) is 5.30. The van der Waals surface area contributed by atoms with Crippen molar-refractivity contribution in [3.8, 4) is 0 Å². The lowest BCUT2D eigenvalue weighted by Gasteiger charge is -2.27. The smallest absolute Gasteiger partial charge is 0.289 e. The van der Waals surface area contributed by atoms with Crippen molar-refractivity contribution in [1.82, 2.24) is 14.8 Å². The van der Waals surface area contributed by atoms with Crippen LogP contribution >= 0.6 is 11.3 Å². The van der Waals surface area contributed by atoms with Crippen LogP contribution < -0.4 is 0 Å². The number of thiazole rings is 1. The molecule has 2 amide bonds. The van der Waals surface area contributed by atoms with E-state index < -0.39 is 5.41 Å². The minimum atomic E-state index is -0.533. The van der Waals surface area contributed by atoms with E-state index in [2.05, 4.69) is 4.98 Å². The molecule has 6 nitrogen and oxygen atoms in total. The summed E-state index contributed by atoms with van der Waals surface area (Å²) in [7, 11) is 0. The molecule has 0 bridgehead atoms. The summed E-state index contributed by atoms with van der Waals surface area (Å²) in [4.78, 5) is 34.5. The van der Waals surface area contributed by atoms with Crippen LogP contribution in [0, 0.1) is 11.3 Å². The first-order valence-electron chi connectivity index (χ1n) is 9.19. The molecule has 1 spiro atoms. The number of aromatic nitrogens is 1. The second kappa shape index (κ2) is 5.94. The van der Waals surface area contributed by atoms with Crippen LogP contribution in [0.4, 0.5) is 0 Å². The molecule has 5 rings (SSSR count). The highest BCUT2D eigenvalue weighted by Crippen LogP contribution is 2.51. The Bertz CT molecular complexity index is 815. The van der Waals surface area contributed by atoms with E-state index in [1.807, 2.05) is 10.3 Å². The van der Waals surface area contributed by atoms with Gasteiger partial charge in [0.1, 0.15) is 0 Å². The van der Waals surface area contributed by atoms with Gasteiger partial charge in [-0.1, -0.05) is 0 Å². The average Bonchev–Trinajstić information content (AvgIpc) is 3.13. The maximum Gasteiger partial charge on any atom is 0.289 e. The van der Waals surface area contributed by atoms with Gasteiger partial charge < -0.3 is 14.2 Å². The molecule has 4 heterocycles. The average molecular weight is 371 g/mol. The van der Waals surface area contributed by atoms with E-state index in [0.29, 0.717) is 24.8 Å². The van der Waals surface area contributed by atoms with Gasteiger partial charge in [-0.25, -0.2) is 4.98 Å². The normalized spacial score (nSPS) is 28.5. The second-order valence-electron chi connectivity index (χ2n) is 7.69. The van der Waals surface area contributed by atoms with Crippen molar-refractivity contribution in [2.75, 3.05) is 26.2 Å². The zero-order valence-electron chi connectivity index (χ0n) is 14.5. The molecule has 1 saturated carbocycles. The number of furan rings is 1. The van der Waals surface area contributed by atoms with E-state index in [1.54, 1.807) is 34.6 Å². The van der Waals surface area contributed by atoms with E-state index in [-0.39, 0.29) is 17.7 Å². The Morgan fingerprint density at radius 1 is 1.42 bits per heavy atom. The highest BCUT2D eigenvalue weighted by molar-refractivity contribution is 7.09. The molecule has 0 N–H and O–H groups in total. The molecule has 2 aromatic heterocycles. The fourth-order valence-electron chi connectivity index (χ4n) is 4.46. The highest BCUT2D eigenvalue weighted by Gasteiger charge is 2.59. The van der Waals surface area contributed by atoms with Crippen LogP contribution in [0.1, 0.15) is 40.7 Å². The van der Waals surface area contributed by atoms with E-state index in [0.717, 1.165) is 24.5 Å². The third-order valence-electron chi connectivity index (χ3n) is 6.03. The summed E-state index contributed by atoms with van der Waals surface area (Å²) in [5, 5.41) is 2.91. The summed E-state index contributed by atoms with van der Waals surface area (Å²) in [6.45, 7) is 2.64. The minimum Gasteiger partial charge on any atom is -0.459 e. The van der Waals surface area contributed by atoms with Crippen LogP contribution in [0.15, 0.2) is 34.4 Å². The second-order valence-corrected chi connectivity index (χ2v) is 8.61. The number of rotatable bonds is 4. The van der Waals surface area contributed by atoms with E-state index in [4.69, 9.17) is 4.42 Å². The molecular formula is C19H21N3O3S. The van der Waals surface area contributed by atoms with Crippen molar-refractivity contribution in [3.05, 3.63) is 40.7 Å². The molecule has 3 aliphatic rings. The monoisotopic (exact) mass is 371 g/mol. The fraction of sp³-hybridized carbons (Fsp3) is 0.526. The molecule has 2 saturated heterocycles. The van der Waals surface area contributed by atoms with Gasteiger partial charge in [0.15, 0.2) is 5.76 Å². The predicted octanol–water partition coefficient (Wildman–Crippen LogP) is 2.60. The SMILES string of the molecule is O=C(c1ccco1)N1C[C@H](c2nccs2)[C@@]2(CCN(CC3CC3)C2=O)C1. The Hall–Kier alpha value is -2.15. The van der Waals surface area contributed by atoms with Gasteiger partial charge in [0, 0.05) is 43.7 Å². The van der Waals surface area contributed by atoms with Crippen LogP contribution in [0.2, 0.25) is 0 Å². The van der Waals surface area contributed by atoms with Gasteiger partial charge in [-0.3, -0.25) is 9.59 Å². The molecule has 0 unspecified atom stereocenters. The Kier molecular flexibility index (Phi) is 3.67. The van der Waals surface area contributed by atoms with Gasteiger partial charge in [-0.2, -0.15) is 0 Å². The molecular weight excluding hydrogens is 350 g/mol. The van der Waals surface area contributed by atoms with Crippen LogP contribution in [0.25, 0.3) is 0 Å². The molecule has 7 heteroatoms. The van der Waals surface area contributed by atoms with Crippen LogP contribution in [0.5, 0.6) is 0 Å². The zero-order chi connectivity index (χ0) is 17.7. The van der Waals surface area contributed by atoms with Crippen molar-refractivity contribution < 1.29 is 14.0 Å². The van der Waals surface area contributed by atoms with Gasteiger partial charge >= 0.3 is 0 Å². The Morgan fingerprint density at radius 3 is 3.00 bits per heavy atom. The summed E-state index contributed by atoms with van der Waals surface area (Å²) >= 11 is 1.58. The van der Waals surface area contributed by atoms with Crippen LogP contribution in [-0.2, 0) is 4.79 Å². The first kappa shape index (κ1) is 16.1. The number of likely N-dealkylation sites (tertiary alicyclic amines) is 2. The zero-order valence-corrected chi connectivity index (χ0v) is 15.3. The summed E-state index contributed by atoms with van der Waals surface area (Å²) in [5.74, 6) is 1.05. The van der Waals surface area contributed by atoms with Crippen LogP contribution in [-0.4, -0.2) is 52.8 Å². The molecule has 2 atom stereocenters. The molecule has 136 valence electrons. The maximum absolute atomic E-state index is 13.4. The number of amides is 2. The molecule has 2 aromatic rings. The number of hydrogen-bond acceptors (Lipinski definition) is 5. The molecule has 2 aliphatic heterocycles. The molecule has 0 radical (unpaired) electrons. The molecule has 26 heavy (non-hydrogen) atoms. The topological polar surface area (TPSA) is 66.7 Å². The van der Waals surface area contributed by atoms with Crippen LogP contribution in [0.3, 0.4) is 0 Å². The van der Waals surface area contributed by atoms with Crippen molar-refractivity contribution in [3.63, 3.8) is 0 Å². The van der Waals surface area contributed by atoms with Gasteiger partial charge in [0.2, 0.25) is 5.91 Å². The predicted molar refractivity (Wildman–Crippen MR) is 95.8 cm³/mol. The van der Waals surface area contributed by atoms with Crippen molar-refractivity contribution in [2.45, 2.75) is 25.2 Å². The van der Waals surface area contributed by atoms with Crippen molar-refractivity contribution in [2.24, 2.45) is 11.3 Å². The Labute approximate surface area is 155 Å². The molecule has 3 fully saturated rings. The number of nitrogens with zero attached hydrogens (tertiary/aromatic N) is 3. The quantitative estimate of drug-likeness (QED) is 0.829. The van der Waals surface area contributed by atoms with E-state index >= 15 is 0 Å². The van der Waals surface area contributed by atoms with Gasteiger partial charge in [0.25, 0.3) is 5.91 Å². The summed E-state index contributed by atoms with van der Waals surface area (Å²) in [6, 6.07) is 3.40. The Balaban J connectivity index is 1.46. The van der Waals surface area contributed by atoms with E-state index in [9.17, 15) is 9.59 Å². The summed E-state index contributed by atoms with van der Waals surface area (Å²) < 4.78 is 5.29. The minimum absolute atomic E-state index is 0.0295. The first-order valence-corrected chi connectivity index (χ1v) is 10.1. The lowest BCUT2D eigenvalue weighted by atomic mass is 9.77. The number of carbonyl (C=O) groups excluding carboxylic acids is 2. The molecule has 0 aromatic carbocycles. The lowest BCUT2D eigenvalue weighted by molar-refractivity contribution is -0.136. The molecule has 1 aliphatic carbocycles. The summed E-state index contributed by atoms with van der Waals surface area (Å²) in [5.41, 5.74) is -0.533. The standard InChI is InChI=1S/C19H21N3O3S/c23-17(15-2-1-8-25-15)22-11-14(16-20-6-9-26-16)19(12-22)5-7-21(18(19)24)10-13-3-4-13/h1-2,6,8-9,13-14H,3-5,7,10-12H2/t14-,19-/m1/s1. The van der Waals surface area contributed by atoms with Crippen molar-refractivity contribution in [1.29, 1.82) is 0 Å². The number of hydrogen-bond donors (Lipinski definition) is 0. The maximum atomic E-state index is 13.4. The largest absolute Gasteiger partial charge is 0.459 e. The highest BCUT2D eigenvalue weighted by atomic mass is 32.1. The number of carbonyl (C=O) groups is 2. The van der Waals surface area contributed by atoms with Gasteiger partial charge in [-0.05, 0) is 37.3 Å². The first-order chi connectivity index (χ1) is 12.7. The van der Waals surface area contributed by atoms with Gasteiger partial charge in [0.05, 0.1) is 16.7 Å². The third-order valence-corrected chi connectivity index (χ3v) is 6.92. The van der Waals surface area contributed by atoms with Gasteiger partial charge in [-0.15, -0.1) is 11.3 Å². The van der Waals surface area contributed by atoms with Crippen molar-refractivity contribution >= 4 is 23.2 Å². The lowest BCUT2D eigenvalue weighted by Crippen LogP contribution is -2.40.